The van der Waals surface area contributed by atoms with Gasteiger partial charge >= 0.3 is 29.8 Å². The summed E-state index contributed by atoms with van der Waals surface area (Å²) in [5.41, 5.74) is -1.40. The van der Waals surface area contributed by atoms with Gasteiger partial charge in [0.15, 0.2) is 0 Å². The van der Waals surface area contributed by atoms with Crippen LogP contribution in [0.2, 0.25) is 0 Å². The summed E-state index contributed by atoms with van der Waals surface area (Å²) in [6, 6.07) is 0. The van der Waals surface area contributed by atoms with Crippen LogP contribution in [0, 0.1) is 5.41 Å². The standard InChI is InChI=1S/C28H42O10S/c1-5-9-10-11-12-13-17-39-18-15-27(33)38-22-28(19-35-24(30)7-3,20-36-25(31)8-4)21-37-26(32)14-16-34-23(29)6-2/h6-8H,2-5,9-22H2,1H3. The van der Waals surface area contributed by atoms with Crippen LogP contribution in [0.15, 0.2) is 38.0 Å². The smallest absolute Gasteiger partial charge is 0.330 e. The largest absolute Gasteiger partial charge is 0.465 e. The predicted octanol–water partition coefficient (Wildman–Crippen LogP) is 4.12. The van der Waals surface area contributed by atoms with Crippen molar-refractivity contribution in [3.05, 3.63) is 38.0 Å². The molecule has 11 heteroatoms. The van der Waals surface area contributed by atoms with Crippen molar-refractivity contribution in [3.8, 4) is 0 Å². The van der Waals surface area contributed by atoms with E-state index in [2.05, 4.69) is 26.7 Å². The van der Waals surface area contributed by atoms with Crippen molar-refractivity contribution in [1.82, 2.24) is 0 Å². The van der Waals surface area contributed by atoms with Crippen molar-refractivity contribution in [2.75, 3.05) is 44.5 Å². The first-order valence-electron chi connectivity index (χ1n) is 13.0. The molecular formula is C28H42O10S. The SMILES string of the molecule is C=CC(=O)OCCC(=O)OCC(COC(=O)C=C)(COC(=O)C=C)COC(=O)CCSCCCCCCCC. The number of ether oxygens (including phenoxy) is 5. The normalized spacial score (nSPS) is 10.6. The molecule has 0 unspecified atom stereocenters. The molecule has 0 rings (SSSR count). The van der Waals surface area contributed by atoms with E-state index in [-0.39, 0.29) is 26.1 Å². The Bertz CT molecular complexity index is 784. The van der Waals surface area contributed by atoms with Gasteiger partial charge in [-0.15, -0.1) is 0 Å². The molecule has 0 bridgehead atoms. The third-order valence-electron chi connectivity index (χ3n) is 5.26. The number of thioether (sulfide) groups is 1. The topological polar surface area (TPSA) is 132 Å². The van der Waals surface area contributed by atoms with E-state index in [1.165, 1.54) is 32.1 Å². The summed E-state index contributed by atoms with van der Waals surface area (Å²) < 4.78 is 25.7. The average molecular weight is 571 g/mol. The molecule has 0 aromatic rings. The molecule has 0 aromatic carbocycles. The lowest BCUT2D eigenvalue weighted by atomic mass is 9.92. The Morgan fingerprint density at radius 1 is 0.615 bits per heavy atom. The number of carbonyl (C=O) groups excluding carboxylic acids is 5. The van der Waals surface area contributed by atoms with Crippen LogP contribution in [0.25, 0.3) is 0 Å². The van der Waals surface area contributed by atoms with Crippen LogP contribution in [0.5, 0.6) is 0 Å². The minimum atomic E-state index is -1.40. The summed E-state index contributed by atoms with van der Waals surface area (Å²) in [6.07, 6.45) is 9.92. The second-order valence-corrected chi connectivity index (χ2v) is 9.92. The molecule has 0 saturated heterocycles. The van der Waals surface area contributed by atoms with E-state index in [0.717, 1.165) is 30.4 Å². The van der Waals surface area contributed by atoms with E-state index in [9.17, 15) is 24.0 Å². The molecule has 0 N–H and O–H groups in total. The van der Waals surface area contributed by atoms with Crippen LogP contribution in [-0.2, 0) is 47.7 Å². The van der Waals surface area contributed by atoms with Gasteiger partial charge in [0, 0.05) is 24.0 Å². The number of hydrogen-bond acceptors (Lipinski definition) is 11. The van der Waals surface area contributed by atoms with E-state index in [1.807, 2.05) is 0 Å². The minimum Gasteiger partial charge on any atom is -0.465 e. The summed E-state index contributed by atoms with van der Waals surface area (Å²) in [7, 11) is 0. The Labute approximate surface area is 235 Å². The van der Waals surface area contributed by atoms with Crippen molar-refractivity contribution in [2.24, 2.45) is 5.41 Å². The second kappa shape index (κ2) is 22.9. The lowest BCUT2D eigenvalue weighted by molar-refractivity contribution is -0.167. The fraction of sp³-hybridized carbons (Fsp3) is 0.607. The maximum Gasteiger partial charge on any atom is 0.330 e. The van der Waals surface area contributed by atoms with Crippen molar-refractivity contribution >= 4 is 41.6 Å². The zero-order chi connectivity index (χ0) is 29.4. The first kappa shape index (κ1) is 35.9. The Hall–Kier alpha value is -3.08. The number of unbranched alkanes of at least 4 members (excludes halogenated alkanes) is 5. The van der Waals surface area contributed by atoms with Gasteiger partial charge in [-0.2, -0.15) is 11.8 Å². The minimum absolute atomic E-state index is 0.157. The summed E-state index contributed by atoms with van der Waals surface area (Å²) in [6.45, 7) is 10.3. The highest BCUT2D eigenvalue weighted by molar-refractivity contribution is 7.99. The van der Waals surface area contributed by atoms with Gasteiger partial charge in [0.25, 0.3) is 0 Å². The van der Waals surface area contributed by atoms with Gasteiger partial charge in [-0.25, -0.2) is 14.4 Å². The Balaban J connectivity index is 5.03. The van der Waals surface area contributed by atoms with E-state index in [1.54, 1.807) is 11.8 Å². The molecule has 0 aliphatic rings. The zero-order valence-corrected chi connectivity index (χ0v) is 23.8. The third-order valence-corrected chi connectivity index (χ3v) is 6.33. The number of carbonyl (C=O) groups is 5. The fourth-order valence-corrected chi connectivity index (χ4v) is 3.89. The molecular weight excluding hydrogens is 528 g/mol. The predicted molar refractivity (Wildman–Crippen MR) is 148 cm³/mol. The highest BCUT2D eigenvalue weighted by Crippen LogP contribution is 2.22. The van der Waals surface area contributed by atoms with Gasteiger partial charge in [-0.05, 0) is 12.2 Å². The molecule has 0 spiro atoms. The van der Waals surface area contributed by atoms with Gasteiger partial charge in [-0.1, -0.05) is 58.8 Å². The summed E-state index contributed by atoms with van der Waals surface area (Å²) in [5.74, 6) is -1.93. The van der Waals surface area contributed by atoms with Crippen LogP contribution < -0.4 is 0 Å². The molecule has 220 valence electrons. The lowest BCUT2D eigenvalue weighted by Gasteiger charge is -2.31. The van der Waals surface area contributed by atoms with Crippen molar-refractivity contribution in [2.45, 2.75) is 58.3 Å². The maximum atomic E-state index is 12.4. The van der Waals surface area contributed by atoms with E-state index in [4.69, 9.17) is 23.7 Å². The zero-order valence-electron chi connectivity index (χ0n) is 23.0. The molecule has 0 aromatic heterocycles. The Morgan fingerprint density at radius 3 is 1.62 bits per heavy atom. The molecule has 0 saturated carbocycles. The van der Waals surface area contributed by atoms with E-state index in [0.29, 0.717) is 5.75 Å². The van der Waals surface area contributed by atoms with Gasteiger partial charge in [0.1, 0.15) is 38.4 Å². The van der Waals surface area contributed by atoms with Gasteiger partial charge in [0.2, 0.25) is 0 Å². The molecule has 10 nitrogen and oxygen atoms in total. The van der Waals surface area contributed by atoms with Crippen molar-refractivity contribution < 1.29 is 47.7 Å². The number of esters is 5. The van der Waals surface area contributed by atoms with Crippen molar-refractivity contribution in [1.29, 1.82) is 0 Å². The first-order valence-corrected chi connectivity index (χ1v) is 14.1. The maximum absolute atomic E-state index is 12.4. The number of rotatable bonds is 24. The molecule has 0 amide bonds. The second-order valence-electron chi connectivity index (χ2n) is 8.70. The first-order chi connectivity index (χ1) is 18.7. The van der Waals surface area contributed by atoms with E-state index < -0.39 is 55.1 Å². The Morgan fingerprint density at radius 2 is 1.08 bits per heavy atom. The monoisotopic (exact) mass is 570 g/mol. The fourth-order valence-electron chi connectivity index (χ4n) is 2.96. The van der Waals surface area contributed by atoms with Crippen LogP contribution in [0.4, 0.5) is 0 Å². The van der Waals surface area contributed by atoms with Gasteiger partial charge in [0.05, 0.1) is 12.8 Å². The van der Waals surface area contributed by atoms with E-state index >= 15 is 0 Å². The highest BCUT2D eigenvalue weighted by atomic mass is 32.2. The van der Waals surface area contributed by atoms with Gasteiger partial charge < -0.3 is 23.7 Å². The summed E-state index contributed by atoms with van der Waals surface area (Å²) in [5, 5.41) is 0. The third kappa shape index (κ3) is 19.6. The molecule has 0 fully saturated rings. The molecule has 0 aliphatic heterocycles. The summed E-state index contributed by atoms with van der Waals surface area (Å²) in [4.78, 5) is 59.2. The Kier molecular flexibility index (Phi) is 21.1. The quantitative estimate of drug-likeness (QED) is 0.0718. The molecule has 0 aliphatic carbocycles. The highest BCUT2D eigenvalue weighted by Gasteiger charge is 2.37. The van der Waals surface area contributed by atoms with Gasteiger partial charge in [-0.3, -0.25) is 9.59 Å². The average Bonchev–Trinajstić information content (AvgIpc) is 2.94. The molecule has 0 radical (unpaired) electrons. The number of hydrogen-bond donors (Lipinski definition) is 0. The van der Waals surface area contributed by atoms with Crippen LogP contribution in [0.1, 0.15) is 58.3 Å². The van der Waals surface area contributed by atoms with Crippen LogP contribution >= 0.6 is 11.8 Å². The molecule has 0 atom stereocenters. The van der Waals surface area contributed by atoms with Crippen molar-refractivity contribution in [3.63, 3.8) is 0 Å². The molecule has 0 heterocycles. The van der Waals surface area contributed by atoms with Crippen LogP contribution in [0.3, 0.4) is 0 Å². The lowest BCUT2D eigenvalue weighted by Crippen LogP contribution is -2.43. The van der Waals surface area contributed by atoms with Crippen LogP contribution in [-0.4, -0.2) is 74.4 Å². The summed E-state index contributed by atoms with van der Waals surface area (Å²) >= 11 is 1.67. The molecule has 39 heavy (non-hydrogen) atoms.